The van der Waals surface area contributed by atoms with Gasteiger partial charge in [0.05, 0.1) is 0 Å². The fraction of sp³-hybridized carbons (Fsp3) is 0.615. The highest BCUT2D eigenvalue weighted by Gasteiger charge is 2.03. The summed E-state index contributed by atoms with van der Waals surface area (Å²) in [6.45, 7) is 7.82. The van der Waals surface area contributed by atoms with Gasteiger partial charge < -0.3 is 9.88 Å². The Hall–Kier alpha value is -1.09. The third-order valence-corrected chi connectivity index (χ3v) is 2.82. The molecular formula is C13H22N2O. The van der Waals surface area contributed by atoms with Gasteiger partial charge in [-0.25, -0.2) is 0 Å². The Balaban J connectivity index is 2.73. The molecule has 1 unspecified atom stereocenters. The maximum atomic E-state index is 12.0. The summed E-state index contributed by atoms with van der Waals surface area (Å²) >= 11 is 0. The van der Waals surface area contributed by atoms with Crippen molar-refractivity contribution in [3.63, 3.8) is 0 Å². The summed E-state index contributed by atoms with van der Waals surface area (Å²) < 4.78 is 1.79. The van der Waals surface area contributed by atoms with Crippen molar-refractivity contribution >= 4 is 0 Å². The van der Waals surface area contributed by atoms with Crippen LogP contribution in [0, 0.1) is 0 Å². The first-order valence-corrected chi connectivity index (χ1v) is 6.10. The minimum absolute atomic E-state index is 0.139. The summed E-state index contributed by atoms with van der Waals surface area (Å²) in [5.41, 5.74) is 0.997. The average Bonchev–Trinajstić information content (AvgIpc) is 2.30. The summed E-state index contributed by atoms with van der Waals surface area (Å²) in [5, 5.41) is 3.35. The predicted octanol–water partition coefficient (Wildman–Crippen LogP) is 2.15. The zero-order valence-electron chi connectivity index (χ0n) is 10.5. The van der Waals surface area contributed by atoms with Gasteiger partial charge in [0.25, 0.3) is 5.56 Å². The van der Waals surface area contributed by atoms with E-state index < -0.39 is 0 Å². The second-order valence-electron chi connectivity index (χ2n) is 4.22. The molecule has 1 N–H and O–H groups in total. The lowest BCUT2D eigenvalue weighted by atomic mass is 10.2. The van der Waals surface area contributed by atoms with Gasteiger partial charge in [-0.05, 0) is 25.8 Å². The van der Waals surface area contributed by atoms with Crippen LogP contribution >= 0.6 is 0 Å². The molecular weight excluding hydrogens is 200 g/mol. The van der Waals surface area contributed by atoms with E-state index in [4.69, 9.17) is 0 Å². The van der Waals surface area contributed by atoms with Gasteiger partial charge in [0.2, 0.25) is 0 Å². The third kappa shape index (κ3) is 3.49. The van der Waals surface area contributed by atoms with Crippen molar-refractivity contribution < 1.29 is 0 Å². The van der Waals surface area contributed by atoms with Crippen molar-refractivity contribution in [3.8, 4) is 0 Å². The maximum absolute atomic E-state index is 12.0. The zero-order valence-corrected chi connectivity index (χ0v) is 10.5. The van der Waals surface area contributed by atoms with Gasteiger partial charge in [0.1, 0.15) is 0 Å². The Morgan fingerprint density at radius 1 is 1.44 bits per heavy atom. The monoisotopic (exact) mass is 222 g/mol. The van der Waals surface area contributed by atoms with Gasteiger partial charge in [-0.3, -0.25) is 4.79 Å². The molecule has 0 aliphatic heterocycles. The number of aromatic nitrogens is 1. The van der Waals surface area contributed by atoms with E-state index in [0.29, 0.717) is 12.6 Å². The van der Waals surface area contributed by atoms with Crippen LogP contribution in [-0.2, 0) is 13.1 Å². The minimum atomic E-state index is 0.139. The van der Waals surface area contributed by atoms with Crippen molar-refractivity contribution in [2.45, 2.75) is 52.7 Å². The Labute approximate surface area is 97.5 Å². The van der Waals surface area contributed by atoms with Gasteiger partial charge in [-0.1, -0.05) is 19.9 Å². The Kier molecular flexibility index (Phi) is 5.26. The molecule has 3 nitrogen and oxygen atoms in total. The standard InChI is InChI=1S/C13H22N2O/c1-4-8-15-9-6-7-12(13(15)16)10-14-11(3)5-2/h6-7,9,11,14H,4-5,8,10H2,1-3H3. The Morgan fingerprint density at radius 2 is 2.19 bits per heavy atom. The molecule has 1 atom stereocenters. The summed E-state index contributed by atoms with van der Waals surface area (Å²) in [7, 11) is 0. The average molecular weight is 222 g/mol. The van der Waals surface area contributed by atoms with Crippen molar-refractivity contribution in [1.82, 2.24) is 9.88 Å². The lowest BCUT2D eigenvalue weighted by Gasteiger charge is -2.12. The summed E-state index contributed by atoms with van der Waals surface area (Å²) in [6.07, 6.45) is 3.93. The smallest absolute Gasteiger partial charge is 0.255 e. The van der Waals surface area contributed by atoms with Crippen molar-refractivity contribution in [3.05, 3.63) is 34.2 Å². The van der Waals surface area contributed by atoms with E-state index in [0.717, 1.165) is 24.9 Å². The van der Waals surface area contributed by atoms with Gasteiger partial charge in [0, 0.05) is 30.9 Å². The fourth-order valence-corrected chi connectivity index (χ4v) is 1.57. The highest BCUT2D eigenvalue weighted by Crippen LogP contribution is 1.96. The molecule has 16 heavy (non-hydrogen) atoms. The number of nitrogens with one attached hydrogen (secondary N) is 1. The van der Waals surface area contributed by atoms with Crippen LogP contribution in [0.3, 0.4) is 0 Å². The van der Waals surface area contributed by atoms with Gasteiger partial charge in [-0.2, -0.15) is 0 Å². The SMILES string of the molecule is CCCn1cccc(CNC(C)CC)c1=O. The van der Waals surface area contributed by atoms with Crippen LogP contribution in [0.4, 0.5) is 0 Å². The molecule has 0 saturated heterocycles. The second-order valence-corrected chi connectivity index (χ2v) is 4.22. The second kappa shape index (κ2) is 6.48. The molecule has 90 valence electrons. The van der Waals surface area contributed by atoms with E-state index in [-0.39, 0.29) is 5.56 Å². The van der Waals surface area contributed by atoms with Crippen LogP contribution in [0.15, 0.2) is 23.1 Å². The molecule has 3 heteroatoms. The van der Waals surface area contributed by atoms with Crippen molar-refractivity contribution in [2.24, 2.45) is 0 Å². The highest BCUT2D eigenvalue weighted by atomic mass is 16.1. The van der Waals surface area contributed by atoms with Crippen LogP contribution in [0.2, 0.25) is 0 Å². The molecule has 0 aliphatic carbocycles. The molecule has 0 aliphatic rings. The number of hydrogen-bond acceptors (Lipinski definition) is 2. The normalized spacial score (nSPS) is 12.7. The predicted molar refractivity (Wildman–Crippen MR) is 67.6 cm³/mol. The molecule has 1 rings (SSSR count). The molecule has 1 heterocycles. The minimum Gasteiger partial charge on any atom is -0.315 e. The topological polar surface area (TPSA) is 34.0 Å². The summed E-state index contributed by atoms with van der Waals surface area (Å²) in [5.74, 6) is 0. The lowest BCUT2D eigenvalue weighted by molar-refractivity contribution is 0.528. The van der Waals surface area contributed by atoms with Gasteiger partial charge in [-0.15, -0.1) is 0 Å². The first kappa shape index (κ1) is 13.0. The van der Waals surface area contributed by atoms with E-state index >= 15 is 0 Å². The van der Waals surface area contributed by atoms with Crippen molar-refractivity contribution in [2.75, 3.05) is 0 Å². The summed E-state index contributed by atoms with van der Waals surface area (Å²) in [6, 6.07) is 4.31. The number of aryl methyl sites for hydroxylation is 1. The number of hydrogen-bond donors (Lipinski definition) is 1. The van der Waals surface area contributed by atoms with E-state index in [2.05, 4.69) is 26.1 Å². The molecule has 0 aromatic carbocycles. The highest BCUT2D eigenvalue weighted by molar-refractivity contribution is 5.10. The molecule has 0 spiro atoms. The van der Waals surface area contributed by atoms with Gasteiger partial charge in [0.15, 0.2) is 0 Å². The molecule has 0 bridgehead atoms. The Morgan fingerprint density at radius 3 is 2.81 bits per heavy atom. The van der Waals surface area contributed by atoms with E-state index in [1.54, 1.807) is 4.57 Å². The van der Waals surface area contributed by atoms with E-state index in [9.17, 15) is 4.79 Å². The number of pyridine rings is 1. The van der Waals surface area contributed by atoms with E-state index in [1.165, 1.54) is 0 Å². The van der Waals surface area contributed by atoms with Crippen molar-refractivity contribution in [1.29, 1.82) is 0 Å². The van der Waals surface area contributed by atoms with Crippen LogP contribution in [-0.4, -0.2) is 10.6 Å². The quantitative estimate of drug-likeness (QED) is 0.800. The Bertz CT molecular complexity index is 370. The molecule has 0 fully saturated rings. The first-order chi connectivity index (χ1) is 7.69. The number of nitrogens with zero attached hydrogens (tertiary/aromatic N) is 1. The largest absolute Gasteiger partial charge is 0.315 e. The van der Waals surface area contributed by atoms with E-state index in [1.807, 2.05) is 18.3 Å². The van der Waals surface area contributed by atoms with Crippen LogP contribution in [0.25, 0.3) is 0 Å². The lowest BCUT2D eigenvalue weighted by Crippen LogP contribution is -2.30. The van der Waals surface area contributed by atoms with Crippen LogP contribution in [0.1, 0.15) is 39.2 Å². The fourth-order valence-electron chi connectivity index (χ4n) is 1.57. The van der Waals surface area contributed by atoms with Crippen LogP contribution in [0.5, 0.6) is 0 Å². The third-order valence-electron chi connectivity index (χ3n) is 2.82. The molecule has 1 aromatic rings. The molecule has 1 aromatic heterocycles. The van der Waals surface area contributed by atoms with Gasteiger partial charge >= 0.3 is 0 Å². The molecule has 0 amide bonds. The number of rotatable bonds is 6. The maximum Gasteiger partial charge on any atom is 0.255 e. The summed E-state index contributed by atoms with van der Waals surface area (Å²) in [4.78, 5) is 12.0. The zero-order chi connectivity index (χ0) is 12.0. The van der Waals surface area contributed by atoms with Crippen LogP contribution < -0.4 is 10.9 Å². The molecule has 0 saturated carbocycles. The molecule has 0 radical (unpaired) electrons. The first-order valence-electron chi connectivity index (χ1n) is 6.10.